The van der Waals surface area contributed by atoms with E-state index in [4.69, 9.17) is 4.63 Å². The molecular weight excluding hydrogens is 328 g/mol. The van der Waals surface area contributed by atoms with Crippen molar-refractivity contribution in [3.8, 4) is 11.1 Å². The summed E-state index contributed by atoms with van der Waals surface area (Å²) in [5.74, 6) is 0.793. The number of fused-ring (bicyclic) bond motifs is 1. The van der Waals surface area contributed by atoms with E-state index in [-0.39, 0.29) is 11.1 Å². The average molecular weight is 352 g/mol. The largest absolute Gasteiger partial charge is 0.365 e. The molecule has 0 aliphatic carbocycles. The summed E-state index contributed by atoms with van der Waals surface area (Å²) in [6, 6.07) is 8.16. The van der Waals surface area contributed by atoms with Crippen molar-refractivity contribution in [3.63, 3.8) is 0 Å². The second-order valence-electron chi connectivity index (χ2n) is 8.40. The van der Waals surface area contributed by atoms with Gasteiger partial charge in [0.1, 0.15) is 11.0 Å². The average Bonchev–Trinajstić information content (AvgIpc) is 3.00. The van der Waals surface area contributed by atoms with Gasteiger partial charge in [-0.25, -0.2) is 4.63 Å². The van der Waals surface area contributed by atoms with Crippen LogP contribution in [0.1, 0.15) is 40.5 Å². The SMILES string of the molecule is CC1(C)CC(Nc2nnccc2-c2ccc3nonc3c2)CC(C)(C)N1. The number of piperidine rings is 1. The van der Waals surface area contributed by atoms with E-state index in [1.54, 1.807) is 6.20 Å². The predicted molar refractivity (Wildman–Crippen MR) is 101 cm³/mol. The molecule has 136 valence electrons. The van der Waals surface area contributed by atoms with Crippen LogP contribution in [0.2, 0.25) is 0 Å². The highest BCUT2D eigenvalue weighted by Gasteiger charge is 2.37. The summed E-state index contributed by atoms with van der Waals surface area (Å²) >= 11 is 0. The molecule has 0 atom stereocenters. The molecule has 0 spiro atoms. The van der Waals surface area contributed by atoms with Gasteiger partial charge in [0, 0.05) is 22.7 Å². The van der Waals surface area contributed by atoms with Crippen LogP contribution < -0.4 is 10.6 Å². The number of rotatable bonds is 3. The van der Waals surface area contributed by atoms with Crippen molar-refractivity contribution in [2.24, 2.45) is 0 Å². The van der Waals surface area contributed by atoms with Gasteiger partial charge in [-0.1, -0.05) is 6.07 Å². The minimum Gasteiger partial charge on any atom is -0.365 e. The molecule has 0 bridgehead atoms. The molecule has 4 rings (SSSR count). The van der Waals surface area contributed by atoms with E-state index in [1.807, 2.05) is 24.3 Å². The van der Waals surface area contributed by atoms with Crippen LogP contribution in [0.15, 0.2) is 35.1 Å². The van der Waals surface area contributed by atoms with Crippen LogP contribution >= 0.6 is 0 Å². The third-order valence-electron chi connectivity index (χ3n) is 4.82. The van der Waals surface area contributed by atoms with Crippen molar-refractivity contribution in [2.45, 2.75) is 57.7 Å². The molecule has 7 nitrogen and oxygen atoms in total. The first kappa shape index (κ1) is 16.9. The van der Waals surface area contributed by atoms with E-state index >= 15 is 0 Å². The lowest BCUT2D eigenvalue weighted by molar-refractivity contribution is 0.170. The third kappa shape index (κ3) is 3.39. The minimum atomic E-state index is 0.0626. The standard InChI is InChI=1S/C19H24N6O/c1-18(2)10-13(11-19(3,4)25-18)21-17-14(7-8-20-22-17)12-5-6-15-16(9-12)24-26-23-15/h5-9,13,25H,10-11H2,1-4H3,(H,21,22). The van der Waals surface area contributed by atoms with Gasteiger partial charge in [-0.05, 0) is 74.6 Å². The number of aromatic nitrogens is 4. The molecule has 0 saturated carbocycles. The van der Waals surface area contributed by atoms with E-state index in [0.29, 0.717) is 6.04 Å². The molecule has 3 heterocycles. The maximum atomic E-state index is 4.80. The molecule has 1 aromatic carbocycles. The molecule has 0 radical (unpaired) electrons. The molecule has 0 unspecified atom stereocenters. The summed E-state index contributed by atoms with van der Waals surface area (Å²) in [5.41, 5.74) is 3.61. The molecule has 26 heavy (non-hydrogen) atoms. The number of anilines is 1. The molecule has 2 aromatic heterocycles. The van der Waals surface area contributed by atoms with Gasteiger partial charge in [0.25, 0.3) is 0 Å². The van der Waals surface area contributed by atoms with E-state index in [1.165, 1.54) is 0 Å². The quantitative estimate of drug-likeness (QED) is 0.747. The van der Waals surface area contributed by atoms with Gasteiger partial charge in [0.05, 0.1) is 6.20 Å². The van der Waals surface area contributed by atoms with Crippen molar-refractivity contribution in [1.29, 1.82) is 0 Å². The van der Waals surface area contributed by atoms with E-state index in [0.717, 1.165) is 40.8 Å². The van der Waals surface area contributed by atoms with Gasteiger partial charge in [0.15, 0.2) is 5.82 Å². The lowest BCUT2D eigenvalue weighted by Gasteiger charge is -2.46. The molecule has 1 aliphatic rings. The predicted octanol–water partition coefficient (Wildman–Crippen LogP) is 3.40. The zero-order chi connectivity index (χ0) is 18.4. The van der Waals surface area contributed by atoms with Crippen LogP contribution in [0.5, 0.6) is 0 Å². The Balaban J connectivity index is 1.65. The highest BCUT2D eigenvalue weighted by molar-refractivity contribution is 5.84. The van der Waals surface area contributed by atoms with Crippen molar-refractivity contribution in [2.75, 3.05) is 5.32 Å². The highest BCUT2D eigenvalue weighted by atomic mass is 16.6. The number of benzene rings is 1. The number of hydrogen-bond donors (Lipinski definition) is 2. The Morgan fingerprint density at radius 1 is 1.04 bits per heavy atom. The molecule has 1 saturated heterocycles. The topological polar surface area (TPSA) is 88.8 Å². The smallest absolute Gasteiger partial charge is 0.156 e. The summed E-state index contributed by atoms with van der Waals surface area (Å²) in [4.78, 5) is 0. The van der Waals surface area contributed by atoms with Gasteiger partial charge in [-0.3, -0.25) is 0 Å². The van der Waals surface area contributed by atoms with Gasteiger partial charge in [-0.2, -0.15) is 5.10 Å². The monoisotopic (exact) mass is 352 g/mol. The first-order valence-corrected chi connectivity index (χ1v) is 8.92. The zero-order valence-corrected chi connectivity index (χ0v) is 15.6. The van der Waals surface area contributed by atoms with Gasteiger partial charge in [0.2, 0.25) is 0 Å². The molecule has 7 heteroatoms. The van der Waals surface area contributed by atoms with Crippen LogP contribution in [0.25, 0.3) is 22.2 Å². The van der Waals surface area contributed by atoms with Crippen LogP contribution in [0.4, 0.5) is 5.82 Å². The Labute approximate surface area is 152 Å². The number of nitrogens with zero attached hydrogens (tertiary/aromatic N) is 4. The van der Waals surface area contributed by atoms with Crippen molar-refractivity contribution in [3.05, 3.63) is 30.5 Å². The Bertz CT molecular complexity index is 916. The fourth-order valence-electron chi connectivity index (χ4n) is 4.24. The zero-order valence-electron chi connectivity index (χ0n) is 15.6. The first-order chi connectivity index (χ1) is 12.3. The maximum Gasteiger partial charge on any atom is 0.156 e. The maximum absolute atomic E-state index is 4.80. The molecule has 2 N–H and O–H groups in total. The summed E-state index contributed by atoms with van der Waals surface area (Å²) < 4.78 is 4.80. The summed E-state index contributed by atoms with van der Waals surface area (Å²) in [6.07, 6.45) is 3.74. The molecular formula is C19H24N6O. The summed E-state index contributed by atoms with van der Waals surface area (Å²) in [7, 11) is 0. The molecule has 0 amide bonds. The van der Waals surface area contributed by atoms with E-state index in [2.05, 4.69) is 58.8 Å². The third-order valence-corrected chi connectivity index (χ3v) is 4.82. The van der Waals surface area contributed by atoms with Crippen molar-refractivity contribution >= 4 is 16.9 Å². The first-order valence-electron chi connectivity index (χ1n) is 8.92. The number of nitrogens with one attached hydrogen (secondary N) is 2. The lowest BCUT2D eigenvalue weighted by Crippen LogP contribution is -2.60. The fourth-order valence-corrected chi connectivity index (χ4v) is 4.24. The summed E-state index contributed by atoms with van der Waals surface area (Å²) in [6.45, 7) is 8.97. The summed E-state index contributed by atoms with van der Waals surface area (Å²) in [5, 5.41) is 23.6. The van der Waals surface area contributed by atoms with Crippen LogP contribution in [-0.4, -0.2) is 37.6 Å². The van der Waals surface area contributed by atoms with E-state index < -0.39 is 0 Å². The Morgan fingerprint density at radius 3 is 2.54 bits per heavy atom. The Hall–Kier alpha value is -2.54. The van der Waals surface area contributed by atoms with Crippen molar-refractivity contribution < 1.29 is 4.63 Å². The van der Waals surface area contributed by atoms with E-state index in [9.17, 15) is 0 Å². The van der Waals surface area contributed by atoms with Crippen LogP contribution in [0, 0.1) is 0 Å². The van der Waals surface area contributed by atoms with Crippen LogP contribution in [-0.2, 0) is 0 Å². The number of hydrogen-bond acceptors (Lipinski definition) is 7. The molecule has 1 fully saturated rings. The fraction of sp³-hybridized carbons (Fsp3) is 0.474. The van der Waals surface area contributed by atoms with Gasteiger partial charge in [-0.15, -0.1) is 5.10 Å². The highest BCUT2D eigenvalue weighted by Crippen LogP contribution is 2.33. The normalized spacial score (nSPS) is 19.5. The van der Waals surface area contributed by atoms with Crippen LogP contribution in [0.3, 0.4) is 0 Å². The van der Waals surface area contributed by atoms with Crippen molar-refractivity contribution in [1.82, 2.24) is 25.8 Å². The lowest BCUT2D eigenvalue weighted by atomic mass is 9.79. The van der Waals surface area contributed by atoms with Gasteiger partial charge < -0.3 is 10.6 Å². The molecule has 3 aromatic rings. The Morgan fingerprint density at radius 2 is 1.77 bits per heavy atom. The van der Waals surface area contributed by atoms with Gasteiger partial charge >= 0.3 is 0 Å². The second kappa shape index (κ2) is 6.02. The molecule has 1 aliphatic heterocycles. The minimum absolute atomic E-state index is 0.0626. The second-order valence-corrected chi connectivity index (χ2v) is 8.40. The Kier molecular flexibility index (Phi) is 3.91.